The Balaban J connectivity index is 1.71. The summed E-state index contributed by atoms with van der Waals surface area (Å²) in [6.07, 6.45) is 13.2. The van der Waals surface area contributed by atoms with Crippen LogP contribution >= 0.6 is 0 Å². The van der Waals surface area contributed by atoms with Crippen molar-refractivity contribution in [3.8, 4) is 11.5 Å². The first kappa shape index (κ1) is 37.7. The second-order valence-corrected chi connectivity index (χ2v) is 12.9. The Morgan fingerprint density at radius 3 is 2.60 bits per heavy atom. The van der Waals surface area contributed by atoms with Gasteiger partial charge in [0.2, 0.25) is 0 Å². The fourth-order valence-electron chi connectivity index (χ4n) is 6.25. The molecule has 0 saturated heterocycles. The summed E-state index contributed by atoms with van der Waals surface area (Å²) in [4.78, 5) is 25.2. The number of nitrogens with one attached hydrogen (secondary N) is 2. The number of dihydropyridines is 1. The second-order valence-electron chi connectivity index (χ2n) is 12.9. The number of hydrogen-bond donors (Lipinski definition) is 4. The molecule has 0 saturated carbocycles. The quantitative estimate of drug-likeness (QED) is 0.0782. The maximum Gasteiger partial charge on any atom is 0.163 e. The first-order chi connectivity index (χ1) is 22.5. The molecule has 1 heterocycles. The molecule has 47 heavy (non-hydrogen) atoms. The van der Waals surface area contributed by atoms with Gasteiger partial charge in [-0.05, 0) is 123 Å². The molecule has 1 aliphatic rings. The van der Waals surface area contributed by atoms with E-state index in [-0.39, 0.29) is 29.9 Å². The lowest BCUT2D eigenvalue weighted by atomic mass is 9.89. The number of Topliss-reactive ketones (excluding diaryl/α,β-unsaturated/α-hetero) is 1. The van der Waals surface area contributed by atoms with E-state index >= 15 is 0 Å². The summed E-state index contributed by atoms with van der Waals surface area (Å²) < 4.78 is 10.7. The Morgan fingerprint density at radius 2 is 1.87 bits per heavy atom. The van der Waals surface area contributed by atoms with Gasteiger partial charge in [-0.1, -0.05) is 49.6 Å². The molecule has 2 atom stereocenters. The number of hydrogen-bond acceptors (Lipinski definition) is 8. The SMILES string of the molecule is CNC[C@H](C)CCCCCC(=O)CC(=O)/C=C/c1cc(OC)c(O)cc1CC1=CNC(N)C(Cc2cc(C)cc(C)c2CCOC)=C1. The normalized spacial score (nSPS) is 15.3. The summed E-state index contributed by atoms with van der Waals surface area (Å²) in [7, 11) is 5.17. The number of benzene rings is 2. The maximum absolute atomic E-state index is 12.7. The third-order valence-corrected chi connectivity index (χ3v) is 8.74. The van der Waals surface area contributed by atoms with Gasteiger partial charge in [0.15, 0.2) is 17.3 Å². The van der Waals surface area contributed by atoms with E-state index < -0.39 is 0 Å². The van der Waals surface area contributed by atoms with Crippen LogP contribution in [0.25, 0.3) is 6.08 Å². The molecule has 0 aromatic heterocycles. The monoisotopic (exact) mass is 645 g/mol. The van der Waals surface area contributed by atoms with Crippen LogP contribution in [-0.4, -0.2) is 57.3 Å². The van der Waals surface area contributed by atoms with Crippen molar-refractivity contribution in [2.45, 2.75) is 84.7 Å². The van der Waals surface area contributed by atoms with Crippen LogP contribution in [0.3, 0.4) is 0 Å². The second kappa shape index (κ2) is 19.2. The van der Waals surface area contributed by atoms with Crippen molar-refractivity contribution >= 4 is 17.6 Å². The summed E-state index contributed by atoms with van der Waals surface area (Å²) in [5.41, 5.74) is 15.1. The molecule has 8 heteroatoms. The molecule has 0 aliphatic carbocycles. The minimum Gasteiger partial charge on any atom is -0.504 e. The van der Waals surface area contributed by atoms with Crippen molar-refractivity contribution in [1.29, 1.82) is 0 Å². The van der Waals surface area contributed by atoms with Gasteiger partial charge < -0.3 is 30.9 Å². The number of methoxy groups -OCH3 is 2. The first-order valence-electron chi connectivity index (χ1n) is 16.8. The molecule has 0 fully saturated rings. The average Bonchev–Trinajstić information content (AvgIpc) is 3.01. The molecule has 2 aromatic rings. The van der Waals surface area contributed by atoms with E-state index in [4.69, 9.17) is 15.2 Å². The van der Waals surface area contributed by atoms with E-state index in [1.807, 2.05) is 13.2 Å². The molecule has 1 unspecified atom stereocenters. The molecular formula is C39H55N3O5. The van der Waals surface area contributed by atoms with E-state index in [9.17, 15) is 14.7 Å². The minimum absolute atomic E-state index is 0.0183. The van der Waals surface area contributed by atoms with Crippen molar-refractivity contribution in [1.82, 2.24) is 10.6 Å². The van der Waals surface area contributed by atoms with Crippen LogP contribution in [0.15, 0.2) is 53.8 Å². The number of carbonyl (C=O) groups excluding carboxylic acids is 2. The zero-order valence-corrected chi connectivity index (χ0v) is 29.2. The minimum atomic E-state index is -0.324. The lowest BCUT2D eigenvalue weighted by Crippen LogP contribution is -2.38. The summed E-state index contributed by atoms with van der Waals surface area (Å²) >= 11 is 0. The molecular weight excluding hydrogens is 590 g/mol. The van der Waals surface area contributed by atoms with Gasteiger partial charge in [0.05, 0.1) is 26.3 Å². The molecule has 8 nitrogen and oxygen atoms in total. The van der Waals surface area contributed by atoms with Gasteiger partial charge in [0.25, 0.3) is 0 Å². The van der Waals surface area contributed by atoms with E-state index in [0.29, 0.717) is 37.5 Å². The van der Waals surface area contributed by atoms with Crippen molar-refractivity contribution < 1.29 is 24.2 Å². The van der Waals surface area contributed by atoms with E-state index in [0.717, 1.165) is 60.9 Å². The molecule has 256 valence electrons. The van der Waals surface area contributed by atoms with Crippen LogP contribution in [0.5, 0.6) is 11.5 Å². The molecule has 5 N–H and O–H groups in total. The van der Waals surface area contributed by atoms with Crippen molar-refractivity contribution in [2.75, 3.05) is 34.4 Å². The highest BCUT2D eigenvalue weighted by atomic mass is 16.5. The number of phenols is 1. The van der Waals surface area contributed by atoms with Crippen molar-refractivity contribution in [3.63, 3.8) is 0 Å². The number of aromatic hydroxyl groups is 1. The fraction of sp³-hybridized carbons (Fsp3) is 0.487. The molecule has 0 spiro atoms. The van der Waals surface area contributed by atoms with Crippen LogP contribution in [-0.2, 0) is 33.6 Å². The van der Waals surface area contributed by atoms with E-state index in [1.54, 1.807) is 25.3 Å². The third-order valence-electron chi connectivity index (χ3n) is 8.74. The van der Waals surface area contributed by atoms with Gasteiger partial charge in [-0.25, -0.2) is 0 Å². The zero-order chi connectivity index (χ0) is 34.3. The van der Waals surface area contributed by atoms with Gasteiger partial charge in [-0.3, -0.25) is 9.59 Å². The topological polar surface area (TPSA) is 123 Å². The van der Waals surface area contributed by atoms with Crippen LogP contribution in [0.4, 0.5) is 0 Å². The van der Waals surface area contributed by atoms with Crippen LogP contribution in [0.1, 0.15) is 78.8 Å². The standard InChI is InChI=1S/C39H55N3O5/c1-26(24-41-4)10-8-7-9-11-34(43)23-35(44)13-12-30-22-38(47-6)37(45)21-31(30)18-29-19-33(39(40)42-25-29)20-32-17-27(2)16-28(3)36(32)14-15-46-5/h12-13,16-17,19,21-22,25-26,39,41-42,45H,7-11,14-15,18,20,23-24,40H2,1-6H3/b13-12+/t26-,39?/m1/s1. The van der Waals surface area contributed by atoms with Gasteiger partial charge in [-0.15, -0.1) is 0 Å². The molecule has 0 amide bonds. The van der Waals surface area contributed by atoms with E-state index in [2.05, 4.69) is 49.6 Å². The number of allylic oxidation sites excluding steroid dienone is 3. The number of nitrogens with two attached hydrogens (primary N) is 1. The summed E-state index contributed by atoms with van der Waals surface area (Å²) in [6.45, 7) is 8.12. The van der Waals surface area contributed by atoms with Gasteiger partial charge in [0.1, 0.15) is 5.78 Å². The summed E-state index contributed by atoms with van der Waals surface area (Å²) in [6, 6.07) is 7.81. The molecule has 0 radical (unpaired) electrons. The zero-order valence-electron chi connectivity index (χ0n) is 29.2. The molecule has 3 rings (SSSR count). The fourth-order valence-corrected chi connectivity index (χ4v) is 6.25. The number of ether oxygens (including phenoxy) is 2. The summed E-state index contributed by atoms with van der Waals surface area (Å²) in [5, 5.41) is 17.1. The number of phenolic OH excluding ortho intramolecular Hbond substituents is 1. The van der Waals surface area contributed by atoms with Gasteiger partial charge in [-0.2, -0.15) is 0 Å². The van der Waals surface area contributed by atoms with Gasteiger partial charge in [0, 0.05) is 19.7 Å². The number of rotatable bonds is 20. The Bertz CT molecular complexity index is 1460. The van der Waals surface area contributed by atoms with Crippen LogP contribution < -0.4 is 21.1 Å². The van der Waals surface area contributed by atoms with Crippen LogP contribution in [0.2, 0.25) is 0 Å². The van der Waals surface area contributed by atoms with E-state index in [1.165, 1.54) is 35.4 Å². The Morgan fingerprint density at radius 1 is 1.09 bits per heavy atom. The van der Waals surface area contributed by atoms with Crippen molar-refractivity contribution in [3.05, 3.63) is 87.1 Å². The Labute approximate surface area is 281 Å². The predicted octanol–water partition coefficient (Wildman–Crippen LogP) is 6.04. The number of unbranched alkanes of at least 4 members (excludes halogenated alkanes) is 2. The average molecular weight is 646 g/mol. The molecule has 0 bridgehead atoms. The number of aryl methyl sites for hydroxylation is 2. The largest absolute Gasteiger partial charge is 0.504 e. The maximum atomic E-state index is 12.7. The van der Waals surface area contributed by atoms with Crippen molar-refractivity contribution in [2.24, 2.45) is 11.7 Å². The molecule has 2 aromatic carbocycles. The highest BCUT2D eigenvalue weighted by Gasteiger charge is 2.19. The number of ketones is 2. The molecule has 1 aliphatic heterocycles. The Kier molecular flexibility index (Phi) is 15.4. The smallest absolute Gasteiger partial charge is 0.163 e. The lowest BCUT2D eigenvalue weighted by Gasteiger charge is -2.24. The summed E-state index contributed by atoms with van der Waals surface area (Å²) in [5.74, 6) is 0.681. The highest BCUT2D eigenvalue weighted by molar-refractivity contribution is 6.06. The Hall–Kier alpha value is -3.72. The highest BCUT2D eigenvalue weighted by Crippen LogP contribution is 2.32. The third kappa shape index (κ3) is 12.1. The van der Waals surface area contributed by atoms with Crippen LogP contribution in [0, 0.1) is 19.8 Å². The first-order valence-corrected chi connectivity index (χ1v) is 16.8. The predicted molar refractivity (Wildman–Crippen MR) is 191 cm³/mol. The lowest BCUT2D eigenvalue weighted by molar-refractivity contribution is -0.124. The van der Waals surface area contributed by atoms with Gasteiger partial charge >= 0.3 is 0 Å². The number of carbonyl (C=O) groups is 2.